The molecule has 3 aromatic carbocycles. The van der Waals surface area contributed by atoms with Crippen LogP contribution in [0.15, 0.2) is 84.0 Å². The first kappa shape index (κ1) is 18.7. The summed E-state index contributed by atoms with van der Waals surface area (Å²) in [6.45, 7) is 7.92. The highest BCUT2D eigenvalue weighted by Crippen LogP contribution is 2.37. The van der Waals surface area contributed by atoms with Crippen molar-refractivity contribution < 1.29 is 0 Å². The van der Waals surface area contributed by atoms with E-state index in [4.69, 9.17) is 5.73 Å². The van der Waals surface area contributed by atoms with Gasteiger partial charge in [0.25, 0.3) is 0 Å². The molecule has 0 unspecified atom stereocenters. The third-order valence-electron chi connectivity index (χ3n) is 4.71. The smallest absolute Gasteiger partial charge is 0.0733 e. The van der Waals surface area contributed by atoms with Crippen LogP contribution in [-0.2, 0) is 6.42 Å². The lowest BCUT2D eigenvalue weighted by Crippen LogP contribution is -1.99. The van der Waals surface area contributed by atoms with E-state index in [-0.39, 0.29) is 0 Å². The quantitative estimate of drug-likeness (QED) is 0.507. The van der Waals surface area contributed by atoms with E-state index in [2.05, 4.69) is 79.2 Å². The second-order valence-corrected chi connectivity index (χ2v) is 6.75. The molecule has 0 fully saturated rings. The average molecular weight is 354 g/mol. The van der Waals surface area contributed by atoms with Crippen LogP contribution in [-0.4, -0.2) is 6.21 Å². The van der Waals surface area contributed by atoms with Gasteiger partial charge < -0.3 is 5.73 Å². The minimum atomic E-state index is 0.710. The molecule has 2 N–H and O–H groups in total. The van der Waals surface area contributed by atoms with E-state index in [1.807, 2.05) is 19.2 Å². The van der Waals surface area contributed by atoms with Gasteiger partial charge in [-0.05, 0) is 54.5 Å². The zero-order valence-corrected chi connectivity index (χ0v) is 16.1. The van der Waals surface area contributed by atoms with Crippen LogP contribution in [0.2, 0.25) is 0 Å². The van der Waals surface area contributed by atoms with E-state index in [1.54, 1.807) is 0 Å². The molecule has 0 aliphatic rings. The number of nitrogens with two attached hydrogens (primary N) is 1. The van der Waals surface area contributed by atoms with E-state index < -0.39 is 0 Å². The lowest BCUT2D eigenvalue weighted by molar-refractivity contribution is 0.933. The van der Waals surface area contributed by atoms with Gasteiger partial charge in [-0.1, -0.05) is 73.3 Å². The maximum Gasteiger partial charge on any atom is 0.0733 e. The Morgan fingerprint density at radius 2 is 1.74 bits per heavy atom. The Kier molecular flexibility index (Phi) is 5.87. The average Bonchev–Trinajstić information content (AvgIpc) is 2.68. The highest BCUT2D eigenvalue weighted by atomic mass is 14.7. The van der Waals surface area contributed by atoms with E-state index in [0.717, 1.165) is 24.1 Å². The number of benzene rings is 3. The lowest BCUT2D eigenvalue weighted by atomic mass is 9.91. The van der Waals surface area contributed by atoms with Crippen molar-refractivity contribution in [1.82, 2.24) is 0 Å². The van der Waals surface area contributed by atoms with Crippen molar-refractivity contribution in [3.63, 3.8) is 0 Å². The molecule has 2 nitrogen and oxygen atoms in total. The van der Waals surface area contributed by atoms with Crippen molar-refractivity contribution in [3.05, 3.63) is 90.1 Å². The van der Waals surface area contributed by atoms with Crippen LogP contribution in [0, 0.1) is 6.92 Å². The first-order chi connectivity index (χ1) is 13.1. The van der Waals surface area contributed by atoms with Gasteiger partial charge >= 0.3 is 0 Å². The summed E-state index contributed by atoms with van der Waals surface area (Å²) >= 11 is 0. The fourth-order valence-electron chi connectivity index (χ4n) is 3.35. The molecule has 0 bridgehead atoms. The van der Waals surface area contributed by atoms with Crippen molar-refractivity contribution in [2.24, 2.45) is 10.7 Å². The van der Waals surface area contributed by atoms with Gasteiger partial charge in [0, 0.05) is 17.5 Å². The van der Waals surface area contributed by atoms with Gasteiger partial charge in [-0.25, -0.2) is 0 Å². The molecule has 0 amide bonds. The number of nitrogens with zero attached hydrogens (tertiary/aromatic N) is 1. The van der Waals surface area contributed by atoms with Crippen LogP contribution in [0.4, 0.5) is 5.69 Å². The molecule has 0 radical (unpaired) electrons. The molecule has 0 saturated carbocycles. The highest BCUT2D eigenvalue weighted by molar-refractivity contribution is 5.84. The Morgan fingerprint density at radius 1 is 0.963 bits per heavy atom. The number of aliphatic imine (C=N–C) groups is 1. The Morgan fingerprint density at radius 3 is 2.44 bits per heavy atom. The molecule has 0 aliphatic carbocycles. The molecule has 0 spiro atoms. The normalized spacial score (nSPS) is 11.0. The highest BCUT2D eigenvalue weighted by Gasteiger charge is 2.12. The summed E-state index contributed by atoms with van der Waals surface area (Å²) in [5, 5.41) is 0. The van der Waals surface area contributed by atoms with Crippen molar-refractivity contribution in [3.8, 4) is 22.3 Å². The SMILES string of the molecule is C=C(N)CCc1cc(-c2ccccc2)ccc1-c1cccc(C)c1N=CC. The molecule has 27 heavy (non-hydrogen) atoms. The number of aryl methyl sites for hydroxylation is 2. The number of rotatable bonds is 6. The predicted octanol–water partition coefficient (Wildman–Crippen LogP) is 6.46. The van der Waals surface area contributed by atoms with Gasteiger partial charge in [-0.15, -0.1) is 0 Å². The Balaban J connectivity index is 2.15. The van der Waals surface area contributed by atoms with Crippen molar-refractivity contribution in [2.75, 3.05) is 0 Å². The summed E-state index contributed by atoms with van der Waals surface area (Å²) in [6, 6.07) is 23.5. The summed E-state index contributed by atoms with van der Waals surface area (Å²) < 4.78 is 0. The van der Waals surface area contributed by atoms with Gasteiger partial charge in [0.1, 0.15) is 0 Å². The molecule has 0 heterocycles. The summed E-state index contributed by atoms with van der Waals surface area (Å²) in [6.07, 6.45) is 3.48. The topological polar surface area (TPSA) is 38.4 Å². The minimum Gasteiger partial charge on any atom is -0.403 e. The molecule has 0 atom stereocenters. The lowest BCUT2D eigenvalue weighted by Gasteiger charge is -2.15. The van der Waals surface area contributed by atoms with Crippen LogP contribution in [0.1, 0.15) is 24.5 Å². The van der Waals surface area contributed by atoms with Gasteiger partial charge in [0.05, 0.1) is 5.69 Å². The first-order valence-corrected chi connectivity index (χ1v) is 9.30. The summed E-state index contributed by atoms with van der Waals surface area (Å²) in [4.78, 5) is 4.63. The van der Waals surface area contributed by atoms with Crippen molar-refractivity contribution >= 4 is 11.9 Å². The summed E-state index contributed by atoms with van der Waals surface area (Å²) in [5.74, 6) is 0. The van der Waals surface area contributed by atoms with Crippen LogP contribution in [0.3, 0.4) is 0 Å². The second kappa shape index (κ2) is 8.50. The zero-order valence-electron chi connectivity index (χ0n) is 16.1. The standard InChI is InChI=1S/C25H26N2/c1-4-27-25-18(2)9-8-12-24(25)23-16-15-21(20-10-6-5-7-11-20)17-22(23)14-13-19(3)26/h4-12,15-17H,3,13-14,26H2,1-2H3. The molecular weight excluding hydrogens is 328 g/mol. The van der Waals surface area contributed by atoms with Crippen LogP contribution >= 0.6 is 0 Å². The molecule has 2 heteroatoms. The fraction of sp³-hybridized carbons (Fsp3) is 0.160. The maximum absolute atomic E-state index is 5.86. The predicted molar refractivity (Wildman–Crippen MR) is 118 cm³/mol. The number of para-hydroxylation sites is 1. The van der Waals surface area contributed by atoms with Gasteiger partial charge in [-0.3, -0.25) is 4.99 Å². The molecule has 0 aliphatic heterocycles. The first-order valence-electron chi connectivity index (χ1n) is 9.30. The Labute approximate surface area is 162 Å². The molecule has 136 valence electrons. The third-order valence-corrected chi connectivity index (χ3v) is 4.71. The number of allylic oxidation sites excluding steroid dienone is 1. The largest absolute Gasteiger partial charge is 0.403 e. The molecule has 3 rings (SSSR count). The van der Waals surface area contributed by atoms with Crippen LogP contribution < -0.4 is 5.73 Å². The van der Waals surface area contributed by atoms with E-state index in [9.17, 15) is 0 Å². The zero-order chi connectivity index (χ0) is 19.2. The monoisotopic (exact) mass is 354 g/mol. The van der Waals surface area contributed by atoms with E-state index in [1.165, 1.54) is 27.8 Å². The molecule has 0 saturated heterocycles. The summed E-state index contributed by atoms with van der Waals surface area (Å²) in [7, 11) is 0. The molecule has 0 aromatic heterocycles. The number of hydrogen-bond acceptors (Lipinski definition) is 2. The van der Waals surface area contributed by atoms with Gasteiger partial charge in [-0.2, -0.15) is 0 Å². The van der Waals surface area contributed by atoms with Crippen LogP contribution in [0.5, 0.6) is 0 Å². The third kappa shape index (κ3) is 4.35. The van der Waals surface area contributed by atoms with E-state index in [0.29, 0.717) is 5.70 Å². The minimum absolute atomic E-state index is 0.710. The van der Waals surface area contributed by atoms with Crippen LogP contribution in [0.25, 0.3) is 22.3 Å². The molecule has 3 aromatic rings. The van der Waals surface area contributed by atoms with Gasteiger partial charge in [0.15, 0.2) is 0 Å². The second-order valence-electron chi connectivity index (χ2n) is 6.75. The Bertz CT molecular complexity index is 969. The maximum atomic E-state index is 5.86. The fourth-order valence-corrected chi connectivity index (χ4v) is 3.35. The summed E-state index contributed by atoms with van der Waals surface area (Å²) in [5.41, 5.74) is 14.8. The number of hydrogen-bond donors (Lipinski definition) is 1. The van der Waals surface area contributed by atoms with Gasteiger partial charge in [0.2, 0.25) is 0 Å². The van der Waals surface area contributed by atoms with Crippen molar-refractivity contribution in [2.45, 2.75) is 26.7 Å². The molecular formula is C25H26N2. The van der Waals surface area contributed by atoms with E-state index >= 15 is 0 Å². The Hall–Kier alpha value is -3.13. The van der Waals surface area contributed by atoms with Crippen molar-refractivity contribution in [1.29, 1.82) is 0 Å².